The summed E-state index contributed by atoms with van der Waals surface area (Å²) in [6, 6.07) is 6.27. The van der Waals surface area contributed by atoms with Crippen LogP contribution in [0.1, 0.15) is 23.1 Å². The van der Waals surface area contributed by atoms with Gasteiger partial charge in [0, 0.05) is 6.42 Å². The van der Waals surface area contributed by atoms with E-state index >= 15 is 0 Å². The maximum Gasteiger partial charge on any atom is 0.377 e. The van der Waals surface area contributed by atoms with Gasteiger partial charge < -0.3 is 10.4 Å². The number of aryl methyl sites for hydroxylation is 1. The molecule has 6 nitrogen and oxygen atoms in total. The summed E-state index contributed by atoms with van der Waals surface area (Å²) in [5, 5.41) is 12.0. The van der Waals surface area contributed by atoms with E-state index in [9.17, 15) is 9.59 Å². The van der Waals surface area contributed by atoms with Crippen molar-refractivity contribution >= 4 is 34.9 Å². The predicted octanol–water partition coefficient (Wildman–Crippen LogP) is 2.70. The van der Waals surface area contributed by atoms with E-state index in [1.807, 2.05) is 6.92 Å². The number of anilines is 2. The lowest BCUT2D eigenvalue weighted by Gasteiger charge is -2.11. The molecule has 1 heterocycles. The molecule has 21 heavy (non-hydrogen) atoms. The third-order valence-corrected chi connectivity index (χ3v) is 3.01. The standard InChI is InChI=1S/C14H12ClN3O3/c1-2-11-16-7-9(15)13(18-11)17-10-6-4-3-5-8(10)12(19)14(20)21/h3-7H,2H2,1H3,(H,20,21)(H,16,17,18). The predicted molar refractivity (Wildman–Crippen MR) is 78.1 cm³/mol. The molecule has 1 aromatic carbocycles. The first kappa shape index (κ1) is 14.9. The van der Waals surface area contributed by atoms with E-state index in [-0.39, 0.29) is 10.6 Å². The molecule has 0 saturated heterocycles. The number of hydrogen-bond donors (Lipinski definition) is 2. The molecule has 0 fully saturated rings. The van der Waals surface area contributed by atoms with Crippen molar-refractivity contribution in [1.82, 2.24) is 9.97 Å². The minimum absolute atomic E-state index is 0.0396. The number of rotatable bonds is 5. The maximum atomic E-state index is 11.7. The van der Waals surface area contributed by atoms with Crippen molar-refractivity contribution < 1.29 is 14.7 Å². The minimum atomic E-state index is -1.52. The lowest BCUT2D eigenvalue weighted by Crippen LogP contribution is -2.14. The molecule has 0 saturated carbocycles. The number of aliphatic carboxylic acids is 1. The summed E-state index contributed by atoms with van der Waals surface area (Å²) in [7, 11) is 0. The highest BCUT2D eigenvalue weighted by molar-refractivity contribution is 6.41. The molecule has 0 aliphatic heterocycles. The number of carboxylic acids is 1. The van der Waals surface area contributed by atoms with Crippen LogP contribution in [0.3, 0.4) is 0 Å². The summed E-state index contributed by atoms with van der Waals surface area (Å²) in [5.74, 6) is -1.61. The number of ketones is 1. The van der Waals surface area contributed by atoms with Crippen molar-refractivity contribution in [2.45, 2.75) is 13.3 Å². The van der Waals surface area contributed by atoms with Gasteiger partial charge in [-0.15, -0.1) is 0 Å². The van der Waals surface area contributed by atoms with Crippen LogP contribution in [0, 0.1) is 0 Å². The molecular weight excluding hydrogens is 294 g/mol. The van der Waals surface area contributed by atoms with Crippen LogP contribution in [0.4, 0.5) is 11.5 Å². The van der Waals surface area contributed by atoms with Gasteiger partial charge in [0.25, 0.3) is 5.78 Å². The zero-order valence-electron chi connectivity index (χ0n) is 11.1. The van der Waals surface area contributed by atoms with Crippen molar-refractivity contribution in [3.8, 4) is 0 Å². The smallest absolute Gasteiger partial charge is 0.377 e. The van der Waals surface area contributed by atoms with E-state index < -0.39 is 11.8 Å². The lowest BCUT2D eigenvalue weighted by atomic mass is 10.1. The Bertz CT molecular complexity index is 704. The highest BCUT2D eigenvalue weighted by Crippen LogP contribution is 2.25. The normalized spacial score (nSPS) is 10.2. The summed E-state index contributed by atoms with van der Waals surface area (Å²) >= 11 is 6.01. The van der Waals surface area contributed by atoms with Gasteiger partial charge in [-0.3, -0.25) is 4.79 Å². The number of carbonyl (C=O) groups excluding carboxylic acids is 1. The first-order valence-electron chi connectivity index (χ1n) is 6.18. The van der Waals surface area contributed by atoms with Crippen LogP contribution >= 0.6 is 11.6 Å². The fraction of sp³-hybridized carbons (Fsp3) is 0.143. The van der Waals surface area contributed by atoms with E-state index in [4.69, 9.17) is 16.7 Å². The monoisotopic (exact) mass is 305 g/mol. The van der Waals surface area contributed by atoms with Crippen LogP contribution < -0.4 is 5.32 Å². The van der Waals surface area contributed by atoms with Gasteiger partial charge in [0.15, 0.2) is 5.82 Å². The van der Waals surface area contributed by atoms with Gasteiger partial charge in [-0.2, -0.15) is 0 Å². The van der Waals surface area contributed by atoms with Gasteiger partial charge in [-0.05, 0) is 12.1 Å². The highest BCUT2D eigenvalue weighted by atomic mass is 35.5. The molecule has 0 atom stereocenters. The number of hydrogen-bond acceptors (Lipinski definition) is 5. The van der Waals surface area contributed by atoms with E-state index in [1.165, 1.54) is 12.3 Å². The summed E-state index contributed by atoms with van der Waals surface area (Å²) in [4.78, 5) is 30.8. The number of nitrogens with zero attached hydrogens (tertiary/aromatic N) is 2. The second kappa shape index (κ2) is 6.32. The van der Waals surface area contributed by atoms with E-state index in [0.29, 0.717) is 23.8 Å². The first-order valence-corrected chi connectivity index (χ1v) is 6.55. The van der Waals surface area contributed by atoms with Crippen LogP contribution in [0.5, 0.6) is 0 Å². The van der Waals surface area contributed by atoms with Crippen molar-refractivity contribution in [2.24, 2.45) is 0 Å². The topological polar surface area (TPSA) is 92.2 Å². The number of halogens is 1. The highest BCUT2D eigenvalue weighted by Gasteiger charge is 2.19. The molecule has 1 aromatic heterocycles. The molecule has 7 heteroatoms. The molecule has 108 valence electrons. The van der Waals surface area contributed by atoms with Crippen molar-refractivity contribution in [3.05, 3.63) is 46.9 Å². The number of Topliss-reactive ketones (excluding diaryl/α,β-unsaturated/α-hetero) is 1. The van der Waals surface area contributed by atoms with Crippen LogP contribution in [-0.2, 0) is 11.2 Å². The zero-order chi connectivity index (χ0) is 15.4. The molecule has 0 spiro atoms. The van der Waals surface area contributed by atoms with Gasteiger partial charge in [0.1, 0.15) is 10.8 Å². The van der Waals surface area contributed by atoms with Gasteiger partial charge >= 0.3 is 5.97 Å². The van der Waals surface area contributed by atoms with Crippen molar-refractivity contribution in [2.75, 3.05) is 5.32 Å². The SMILES string of the molecule is CCc1ncc(Cl)c(Nc2ccccc2C(=O)C(=O)O)n1. The maximum absolute atomic E-state index is 11.7. The second-order valence-electron chi connectivity index (χ2n) is 4.14. The Kier molecular flexibility index (Phi) is 4.49. The Morgan fingerprint density at radius 2 is 2.05 bits per heavy atom. The molecule has 0 bridgehead atoms. The number of benzene rings is 1. The Labute approximate surface area is 125 Å². The van der Waals surface area contributed by atoms with Crippen LogP contribution in [0.15, 0.2) is 30.5 Å². The molecular formula is C14H12ClN3O3. The van der Waals surface area contributed by atoms with Crippen LogP contribution in [-0.4, -0.2) is 26.8 Å². The largest absolute Gasteiger partial charge is 0.475 e. The molecule has 0 aliphatic rings. The number of carboxylic acid groups (broad SMARTS) is 1. The number of aromatic nitrogens is 2. The number of carbonyl (C=O) groups is 2. The fourth-order valence-corrected chi connectivity index (χ4v) is 1.83. The Morgan fingerprint density at radius 1 is 1.33 bits per heavy atom. The van der Waals surface area contributed by atoms with Crippen LogP contribution in [0.2, 0.25) is 5.02 Å². The molecule has 0 aliphatic carbocycles. The van der Waals surface area contributed by atoms with Gasteiger partial charge in [-0.25, -0.2) is 14.8 Å². The van der Waals surface area contributed by atoms with Gasteiger partial charge in [0.2, 0.25) is 0 Å². The third-order valence-electron chi connectivity index (χ3n) is 2.73. The van der Waals surface area contributed by atoms with Gasteiger partial charge in [0.05, 0.1) is 17.4 Å². The number of nitrogens with one attached hydrogen (secondary N) is 1. The molecule has 2 rings (SSSR count). The van der Waals surface area contributed by atoms with Crippen molar-refractivity contribution in [3.63, 3.8) is 0 Å². The average Bonchev–Trinajstić information content (AvgIpc) is 2.49. The molecule has 2 N–H and O–H groups in total. The lowest BCUT2D eigenvalue weighted by molar-refractivity contribution is -0.131. The third kappa shape index (κ3) is 3.35. The summed E-state index contributed by atoms with van der Waals surface area (Å²) in [6.45, 7) is 1.90. The van der Waals surface area contributed by atoms with Crippen LogP contribution in [0.25, 0.3) is 0 Å². The average molecular weight is 306 g/mol. The summed E-state index contributed by atoms with van der Waals surface area (Å²) in [6.07, 6.45) is 2.08. The van der Waals surface area contributed by atoms with E-state index in [2.05, 4.69) is 15.3 Å². The van der Waals surface area contributed by atoms with Gasteiger partial charge in [-0.1, -0.05) is 30.7 Å². The Hall–Kier alpha value is -2.47. The zero-order valence-corrected chi connectivity index (χ0v) is 11.9. The quantitative estimate of drug-likeness (QED) is 0.652. The van der Waals surface area contributed by atoms with E-state index in [1.54, 1.807) is 18.2 Å². The summed E-state index contributed by atoms with van der Waals surface area (Å²) in [5.41, 5.74) is 0.366. The fourth-order valence-electron chi connectivity index (χ4n) is 1.69. The second-order valence-corrected chi connectivity index (χ2v) is 4.55. The van der Waals surface area contributed by atoms with Crippen molar-refractivity contribution in [1.29, 1.82) is 0 Å². The minimum Gasteiger partial charge on any atom is -0.475 e. The Balaban J connectivity index is 2.40. The molecule has 2 aromatic rings. The molecule has 0 unspecified atom stereocenters. The van der Waals surface area contributed by atoms with E-state index in [0.717, 1.165) is 0 Å². The Morgan fingerprint density at radius 3 is 2.71 bits per heavy atom. The summed E-state index contributed by atoms with van der Waals surface area (Å²) < 4.78 is 0. The number of para-hydroxylation sites is 1. The molecule has 0 radical (unpaired) electrons. The molecule has 0 amide bonds. The first-order chi connectivity index (χ1) is 10.0.